The Morgan fingerprint density at radius 1 is 1.31 bits per heavy atom. The van der Waals surface area contributed by atoms with Crippen molar-refractivity contribution >= 4 is 12.4 Å². The molecule has 0 saturated heterocycles. The van der Waals surface area contributed by atoms with Gasteiger partial charge in [0.15, 0.2) is 23.5 Å². The molecule has 16 heavy (non-hydrogen) atoms. The third kappa shape index (κ3) is 2.30. The molecule has 1 aromatic rings. The van der Waals surface area contributed by atoms with Gasteiger partial charge in [0.1, 0.15) is 0 Å². The molecule has 1 amide bonds. The molecule has 0 bridgehead atoms. The van der Waals surface area contributed by atoms with Crippen LogP contribution >= 0.6 is 0 Å². The number of hydrogen-bond acceptors (Lipinski definition) is 2. The second kappa shape index (κ2) is 4.65. The first-order valence-corrected chi connectivity index (χ1v) is 4.04. The zero-order valence-electron chi connectivity index (χ0n) is 7.71. The highest BCUT2D eigenvalue weighted by molar-refractivity contribution is 5.78. The fraction of sp³-hybridized carbons (Fsp3) is 0.111. The Kier molecular flexibility index (Phi) is 3.49. The Bertz CT molecular complexity index is 413. The largest absolute Gasteiger partial charge is 0.479 e. The highest BCUT2D eigenvalue weighted by Crippen LogP contribution is 2.19. The number of hydrogen-bond donors (Lipinski definition) is 2. The van der Waals surface area contributed by atoms with E-state index in [4.69, 9.17) is 5.11 Å². The first-order valence-electron chi connectivity index (χ1n) is 4.04. The lowest BCUT2D eigenvalue weighted by Crippen LogP contribution is -2.27. The lowest BCUT2D eigenvalue weighted by Gasteiger charge is -2.11. The molecular weight excluding hydrogens is 227 g/mol. The van der Waals surface area contributed by atoms with Gasteiger partial charge in [-0.15, -0.1) is 0 Å². The summed E-state index contributed by atoms with van der Waals surface area (Å²) in [6.07, 6.45) is 0.0674. The van der Waals surface area contributed by atoms with Crippen molar-refractivity contribution < 1.29 is 27.9 Å². The lowest BCUT2D eigenvalue weighted by atomic mass is 10.1. The maximum atomic E-state index is 12.8. The molecule has 0 spiro atoms. The maximum absolute atomic E-state index is 12.8. The minimum atomic E-state index is -1.70. The number of halogens is 3. The molecule has 1 atom stereocenters. The zero-order valence-corrected chi connectivity index (χ0v) is 7.71. The van der Waals surface area contributed by atoms with Crippen LogP contribution in [0.1, 0.15) is 11.6 Å². The van der Waals surface area contributed by atoms with Crippen LogP contribution in [-0.2, 0) is 9.59 Å². The normalized spacial score (nSPS) is 11.9. The highest BCUT2D eigenvalue weighted by atomic mass is 19.2. The van der Waals surface area contributed by atoms with Gasteiger partial charge in [0.2, 0.25) is 6.41 Å². The first-order chi connectivity index (χ1) is 7.47. The Labute approximate surface area is 87.7 Å². The van der Waals surface area contributed by atoms with Crippen LogP contribution in [0.3, 0.4) is 0 Å². The zero-order chi connectivity index (χ0) is 12.3. The molecule has 0 aromatic heterocycles. The van der Waals surface area contributed by atoms with Crippen LogP contribution in [0.5, 0.6) is 0 Å². The first kappa shape index (κ1) is 12.0. The summed E-state index contributed by atoms with van der Waals surface area (Å²) in [7, 11) is 0. The van der Waals surface area contributed by atoms with Gasteiger partial charge in [0.25, 0.3) is 0 Å². The molecule has 0 radical (unpaired) electrons. The van der Waals surface area contributed by atoms with E-state index in [9.17, 15) is 22.8 Å². The number of carboxylic acid groups (broad SMARTS) is 1. The Balaban J connectivity index is 3.20. The molecule has 1 unspecified atom stereocenters. The summed E-state index contributed by atoms with van der Waals surface area (Å²) in [5.41, 5.74) is -0.393. The summed E-state index contributed by atoms with van der Waals surface area (Å²) in [6, 6.07) is -0.608. The number of rotatable bonds is 4. The van der Waals surface area contributed by atoms with Crippen LogP contribution in [0.25, 0.3) is 0 Å². The molecule has 0 aliphatic heterocycles. The summed E-state index contributed by atoms with van der Waals surface area (Å²) in [5, 5.41) is 10.5. The van der Waals surface area contributed by atoms with E-state index in [2.05, 4.69) is 0 Å². The van der Waals surface area contributed by atoms with Crippen LogP contribution in [-0.4, -0.2) is 17.5 Å². The monoisotopic (exact) mass is 233 g/mol. The molecule has 7 heteroatoms. The summed E-state index contributed by atoms with van der Waals surface area (Å²) in [5.74, 6) is -6.25. The summed E-state index contributed by atoms with van der Waals surface area (Å²) in [6.45, 7) is 0. The Morgan fingerprint density at radius 2 is 1.81 bits per heavy atom. The van der Waals surface area contributed by atoms with Gasteiger partial charge in [-0.25, -0.2) is 18.0 Å². The van der Waals surface area contributed by atoms with E-state index in [0.29, 0.717) is 12.1 Å². The minimum Gasteiger partial charge on any atom is -0.479 e. The third-order valence-corrected chi connectivity index (χ3v) is 1.82. The van der Waals surface area contributed by atoms with Crippen molar-refractivity contribution in [2.45, 2.75) is 6.04 Å². The predicted octanol–water partition coefficient (Wildman–Crippen LogP) is 0.976. The van der Waals surface area contributed by atoms with Crippen molar-refractivity contribution in [3.8, 4) is 0 Å². The van der Waals surface area contributed by atoms with Crippen LogP contribution in [0, 0.1) is 17.5 Å². The van der Waals surface area contributed by atoms with Gasteiger partial charge in [-0.1, -0.05) is 0 Å². The number of carbonyl (C=O) groups excluding carboxylic acids is 1. The standard InChI is InChI=1S/C9H6F3NO3/c10-5-1-4(2-6(11)7(5)12)8(9(15)16)13-3-14/h1-3,8H,(H,13,14)(H,15,16). The molecule has 0 aliphatic carbocycles. The molecule has 4 nitrogen and oxygen atoms in total. The number of carboxylic acids is 1. The summed E-state index contributed by atoms with van der Waals surface area (Å²) in [4.78, 5) is 20.7. The van der Waals surface area contributed by atoms with Gasteiger partial charge in [-0.3, -0.25) is 4.79 Å². The van der Waals surface area contributed by atoms with Gasteiger partial charge in [-0.05, 0) is 17.7 Å². The van der Waals surface area contributed by atoms with E-state index in [1.807, 2.05) is 5.32 Å². The van der Waals surface area contributed by atoms with Gasteiger partial charge < -0.3 is 10.4 Å². The smallest absolute Gasteiger partial charge is 0.330 e. The summed E-state index contributed by atoms with van der Waals surface area (Å²) >= 11 is 0. The number of carbonyl (C=O) groups is 2. The number of nitrogens with one attached hydrogen (secondary N) is 1. The predicted molar refractivity (Wildman–Crippen MR) is 45.9 cm³/mol. The number of benzene rings is 1. The van der Waals surface area contributed by atoms with Gasteiger partial charge in [0, 0.05) is 0 Å². The van der Waals surface area contributed by atoms with Crippen molar-refractivity contribution in [1.82, 2.24) is 5.32 Å². The van der Waals surface area contributed by atoms with E-state index in [-0.39, 0.29) is 6.41 Å². The molecule has 0 aliphatic rings. The lowest BCUT2D eigenvalue weighted by molar-refractivity contribution is -0.140. The molecular formula is C9H6F3NO3. The van der Waals surface area contributed by atoms with Gasteiger partial charge >= 0.3 is 5.97 Å². The molecule has 0 fully saturated rings. The fourth-order valence-corrected chi connectivity index (χ4v) is 1.12. The van der Waals surface area contributed by atoms with Crippen molar-refractivity contribution in [1.29, 1.82) is 0 Å². The van der Waals surface area contributed by atoms with Crippen molar-refractivity contribution in [3.05, 3.63) is 35.1 Å². The Hall–Kier alpha value is -2.05. The average Bonchev–Trinajstić information content (AvgIpc) is 2.21. The van der Waals surface area contributed by atoms with Gasteiger partial charge in [-0.2, -0.15) is 0 Å². The molecule has 1 aromatic carbocycles. The van der Waals surface area contributed by atoms with Crippen molar-refractivity contribution in [2.75, 3.05) is 0 Å². The van der Waals surface area contributed by atoms with Crippen LogP contribution < -0.4 is 5.32 Å². The average molecular weight is 233 g/mol. The summed E-state index contributed by atoms with van der Waals surface area (Å²) < 4.78 is 38.1. The fourth-order valence-electron chi connectivity index (χ4n) is 1.12. The van der Waals surface area contributed by atoms with Crippen LogP contribution in [0.15, 0.2) is 12.1 Å². The topological polar surface area (TPSA) is 66.4 Å². The van der Waals surface area contributed by atoms with Gasteiger partial charge in [0.05, 0.1) is 0 Å². The second-order valence-electron chi connectivity index (χ2n) is 2.85. The third-order valence-electron chi connectivity index (χ3n) is 1.82. The van der Waals surface area contributed by atoms with E-state index >= 15 is 0 Å². The Morgan fingerprint density at radius 3 is 2.19 bits per heavy atom. The quantitative estimate of drug-likeness (QED) is 0.601. The van der Waals surface area contributed by atoms with Crippen molar-refractivity contribution in [3.63, 3.8) is 0 Å². The molecule has 2 N–H and O–H groups in total. The van der Waals surface area contributed by atoms with E-state index in [1.165, 1.54) is 0 Å². The van der Waals surface area contributed by atoms with E-state index < -0.39 is 35.0 Å². The molecule has 0 saturated carbocycles. The minimum absolute atomic E-state index is 0.0674. The number of aliphatic carboxylic acids is 1. The SMILES string of the molecule is O=CNC(C(=O)O)c1cc(F)c(F)c(F)c1. The van der Waals surface area contributed by atoms with E-state index in [0.717, 1.165) is 0 Å². The molecule has 0 heterocycles. The second-order valence-corrected chi connectivity index (χ2v) is 2.85. The molecule has 86 valence electrons. The highest BCUT2D eigenvalue weighted by Gasteiger charge is 2.22. The molecule has 1 rings (SSSR count). The number of amides is 1. The van der Waals surface area contributed by atoms with Crippen LogP contribution in [0.4, 0.5) is 13.2 Å². The van der Waals surface area contributed by atoms with Crippen molar-refractivity contribution in [2.24, 2.45) is 0 Å². The van der Waals surface area contributed by atoms with E-state index in [1.54, 1.807) is 0 Å². The van der Waals surface area contributed by atoms with Crippen LogP contribution in [0.2, 0.25) is 0 Å². The maximum Gasteiger partial charge on any atom is 0.330 e.